The molecule has 4 fully saturated rings. The summed E-state index contributed by atoms with van der Waals surface area (Å²) < 4.78 is 92.8. The van der Waals surface area contributed by atoms with Gasteiger partial charge in [-0.1, -0.05) is 78.5 Å². The first-order chi connectivity index (χ1) is 50.0. The number of rotatable bonds is 18. The van der Waals surface area contributed by atoms with Crippen LogP contribution in [-0.2, 0) is 56.8 Å². The first kappa shape index (κ1) is 88.3. The number of hydrogen-bond donors (Lipinski definition) is 0. The molecule has 4 aliphatic rings. The molecule has 20 heteroatoms. The van der Waals surface area contributed by atoms with E-state index in [0.29, 0.717) is 37.7 Å². The number of pyridine rings is 2. The van der Waals surface area contributed by atoms with Crippen molar-refractivity contribution in [2.45, 2.75) is 317 Å². The fraction of sp³-hybridized carbons (Fsp3) is 0.625. The van der Waals surface area contributed by atoms with E-state index in [0.717, 1.165) is 72.7 Å². The average molecular weight is 1550 g/mol. The van der Waals surface area contributed by atoms with Crippen molar-refractivity contribution in [2.24, 2.45) is 0 Å². The molecule has 4 saturated heterocycles. The molecule has 17 nitrogen and oxygen atoms in total. The highest BCUT2D eigenvalue weighted by molar-refractivity contribution is 7.72. The largest absolute Gasteiger partial charge is 0.496 e. The Morgan fingerprint density at radius 2 is 0.824 bits per heavy atom. The van der Waals surface area contributed by atoms with Crippen molar-refractivity contribution in [3.05, 3.63) is 140 Å². The first-order valence-electron chi connectivity index (χ1n) is 38.3. The molecule has 7 aromatic rings. The molecule has 0 amide bonds. The molecule has 0 aliphatic carbocycles. The third-order valence-corrected chi connectivity index (χ3v) is 19.8. The predicted molar refractivity (Wildman–Crippen MR) is 439 cm³/mol. The molecule has 596 valence electrons. The molecular formula is C88H127N3O14S3. The van der Waals surface area contributed by atoms with Crippen LogP contribution < -0.4 is 9.47 Å². The minimum atomic E-state index is -0.266. The molecule has 12 atom stereocenters. The van der Waals surface area contributed by atoms with Crippen LogP contribution in [-0.4, -0.2) is 143 Å². The van der Waals surface area contributed by atoms with Gasteiger partial charge in [-0.2, -0.15) is 5.26 Å². The Bertz CT molecular complexity index is 4240. The van der Waals surface area contributed by atoms with E-state index in [1.165, 1.54) is 16.3 Å². The number of aromatic nitrogens is 2. The van der Waals surface area contributed by atoms with Gasteiger partial charge in [0.1, 0.15) is 57.7 Å². The zero-order chi connectivity index (χ0) is 79.9. The SMILES string of the molecule is CC(C)(C)OC[C@H]1O[C@@H](n2ccc3ccsc3c2=S)CC1OC(C)(C)C.COc1cc(C#N)ccc1[C@H]1CC(OC(C)(C)C)[C@@H](COC(C)(C)C)O1.COc1cc2ccccc2cc1[C@H]1CC(OC(C)(C)C)[C@@H](COC(C)(C)C)O1.Cc1ccc2c(=S)n([C@H]3CC(OC(C)(C)C)[C@@H](COC(C)(C)C)O3)ccc2c1. The van der Waals surface area contributed by atoms with Gasteiger partial charge >= 0.3 is 0 Å². The predicted octanol–water partition coefficient (Wildman–Crippen LogP) is 21.8. The number of thiophene rings is 1. The van der Waals surface area contributed by atoms with Crippen LogP contribution in [0.5, 0.6) is 11.5 Å². The van der Waals surface area contributed by atoms with E-state index in [-0.39, 0.29) is 118 Å². The lowest BCUT2D eigenvalue weighted by Crippen LogP contribution is -2.37. The van der Waals surface area contributed by atoms with Crippen LogP contribution >= 0.6 is 35.8 Å². The van der Waals surface area contributed by atoms with Crippen LogP contribution in [0, 0.1) is 27.5 Å². The Morgan fingerprint density at radius 3 is 1.25 bits per heavy atom. The van der Waals surface area contributed by atoms with Gasteiger partial charge in [0.05, 0.1) is 138 Å². The van der Waals surface area contributed by atoms with E-state index in [4.69, 9.17) is 96.0 Å². The number of nitrogens with zero attached hydrogens (tertiary/aromatic N) is 3. The van der Waals surface area contributed by atoms with Crippen molar-refractivity contribution in [1.82, 2.24) is 9.13 Å². The molecule has 3 aromatic heterocycles. The van der Waals surface area contributed by atoms with Crippen LogP contribution in [0.15, 0.2) is 109 Å². The summed E-state index contributed by atoms with van der Waals surface area (Å²) in [5.41, 5.74) is 1.95. The van der Waals surface area contributed by atoms with Gasteiger partial charge in [-0.25, -0.2) is 0 Å². The van der Waals surface area contributed by atoms with Gasteiger partial charge in [-0.05, 0) is 242 Å². The summed E-state index contributed by atoms with van der Waals surface area (Å²) in [6.07, 6.45) is 5.91. The van der Waals surface area contributed by atoms with Gasteiger partial charge < -0.3 is 75.5 Å². The fourth-order valence-electron chi connectivity index (χ4n) is 13.3. The highest BCUT2D eigenvalue weighted by Crippen LogP contribution is 2.45. The Kier molecular flexibility index (Phi) is 29.6. The van der Waals surface area contributed by atoms with Crippen LogP contribution in [0.4, 0.5) is 0 Å². The normalized spacial score (nSPS) is 23.7. The Balaban J connectivity index is 0.000000182. The topological polar surface area (TPSA) is 163 Å². The van der Waals surface area contributed by atoms with Gasteiger partial charge in [0.15, 0.2) is 0 Å². The van der Waals surface area contributed by atoms with Crippen molar-refractivity contribution < 1.29 is 66.3 Å². The minimum absolute atomic E-state index is 0.0245. The highest BCUT2D eigenvalue weighted by Gasteiger charge is 2.45. The molecule has 4 unspecified atom stereocenters. The zero-order valence-corrected chi connectivity index (χ0v) is 72.2. The second kappa shape index (κ2) is 36.2. The maximum atomic E-state index is 9.10. The van der Waals surface area contributed by atoms with E-state index in [9.17, 15) is 0 Å². The summed E-state index contributed by atoms with van der Waals surface area (Å²) in [4.78, 5) is 0. The van der Waals surface area contributed by atoms with Gasteiger partial charge in [-0.15, -0.1) is 11.3 Å². The summed E-state index contributed by atoms with van der Waals surface area (Å²) in [6.45, 7) is 53.5. The third-order valence-electron chi connectivity index (χ3n) is 17.9. The van der Waals surface area contributed by atoms with Gasteiger partial charge in [0.25, 0.3) is 0 Å². The lowest BCUT2D eigenvalue weighted by atomic mass is 9.99. The number of aryl methyl sites for hydroxylation is 1. The second-order valence-corrected chi connectivity index (χ2v) is 38.3. The van der Waals surface area contributed by atoms with E-state index in [1.807, 2.05) is 66.1 Å². The number of nitriles is 1. The van der Waals surface area contributed by atoms with E-state index in [1.54, 1.807) is 37.7 Å². The van der Waals surface area contributed by atoms with E-state index < -0.39 is 0 Å². The standard InChI is InChI=1S/C24H34O4.C23H33NO3S.C21H31NO4.C20H29NO3S2/c1-23(2,3)26-15-22-21(28-24(4,5)6)14-20(27-22)18-12-16-10-8-9-11-17(16)13-19(18)25-7;1-15-8-9-17-16(12-15)10-11-24(21(17)28)20-13-18(27-23(5,6)7)19(26-20)14-25-22(2,3)4;1-20(2,3)24-13-19-18(26-21(4,5)6)11-17(25-19)15-9-8-14(12-22)10-16(15)23-7;1-19(2,3)22-12-15-14(24-20(4,5)6)11-16(23-15)21-9-7-13-8-10-26-17(13)18(21)25/h8-13,20-22H,14-15H2,1-7H3;8-12,18-20H,13-14H2,1-7H3;8-10,17-19H,11,13H2,1-7H3;7-10,14-16H,11-12H2,1-6H3/t20-,21?,22-;18?,19-,20-;17-,18?,19-;14?,15-,16-/m1111/s1. The Hall–Kier alpha value is -5.29. The van der Waals surface area contributed by atoms with Crippen molar-refractivity contribution in [3.63, 3.8) is 0 Å². The molecule has 0 spiro atoms. The Labute approximate surface area is 659 Å². The molecule has 0 N–H and O–H groups in total. The molecule has 4 aliphatic heterocycles. The van der Waals surface area contributed by atoms with Crippen LogP contribution in [0.2, 0.25) is 0 Å². The number of benzene rings is 4. The maximum Gasteiger partial charge on any atom is 0.137 e. The number of ether oxygens (including phenoxy) is 14. The van der Waals surface area contributed by atoms with Gasteiger partial charge in [-0.3, -0.25) is 0 Å². The molecule has 11 rings (SSSR count). The molecular weight excluding hydrogens is 1420 g/mol. The maximum absolute atomic E-state index is 9.10. The lowest BCUT2D eigenvalue weighted by molar-refractivity contribution is -0.132. The summed E-state index contributed by atoms with van der Waals surface area (Å²) in [7, 11) is 3.32. The number of methoxy groups -OCH3 is 2. The minimum Gasteiger partial charge on any atom is -0.496 e. The molecule has 7 heterocycles. The monoisotopic (exact) mass is 1550 g/mol. The van der Waals surface area contributed by atoms with Crippen LogP contribution in [0.3, 0.4) is 0 Å². The average Bonchev–Trinajstić information content (AvgIpc) is 1.57. The summed E-state index contributed by atoms with van der Waals surface area (Å²) in [5.74, 6) is 1.52. The van der Waals surface area contributed by atoms with Crippen molar-refractivity contribution >= 4 is 67.4 Å². The van der Waals surface area contributed by atoms with E-state index >= 15 is 0 Å². The number of fused-ring (bicyclic) bond motifs is 3. The second-order valence-electron chi connectivity index (χ2n) is 36.7. The fourth-order valence-corrected chi connectivity index (χ4v) is 15.0. The summed E-state index contributed by atoms with van der Waals surface area (Å²) in [5, 5.41) is 16.9. The zero-order valence-electron chi connectivity index (χ0n) is 69.8. The molecule has 108 heavy (non-hydrogen) atoms. The third kappa shape index (κ3) is 26.7. The molecule has 0 bridgehead atoms. The highest BCUT2D eigenvalue weighted by atomic mass is 32.1. The van der Waals surface area contributed by atoms with Crippen molar-refractivity contribution in [3.8, 4) is 17.6 Å². The molecule has 4 aromatic carbocycles. The quantitative estimate of drug-likeness (QED) is 0.0745. The van der Waals surface area contributed by atoms with Crippen LogP contribution in [0.1, 0.15) is 239 Å². The molecule has 0 saturated carbocycles. The van der Waals surface area contributed by atoms with Gasteiger partial charge in [0, 0.05) is 54.6 Å². The number of hydrogen-bond acceptors (Lipinski definition) is 18. The molecule has 0 radical (unpaired) electrons. The summed E-state index contributed by atoms with van der Waals surface area (Å²) in [6, 6.07) is 32.8. The van der Waals surface area contributed by atoms with E-state index in [2.05, 4.69) is 219 Å². The van der Waals surface area contributed by atoms with Gasteiger partial charge in [0.2, 0.25) is 0 Å². The lowest BCUT2D eigenvalue weighted by Gasteiger charge is -2.29. The van der Waals surface area contributed by atoms with Crippen molar-refractivity contribution in [1.29, 1.82) is 5.26 Å². The summed E-state index contributed by atoms with van der Waals surface area (Å²) >= 11 is 13.2. The Morgan fingerprint density at radius 1 is 0.426 bits per heavy atom. The smallest absolute Gasteiger partial charge is 0.137 e. The first-order valence-corrected chi connectivity index (χ1v) is 40.0. The van der Waals surface area contributed by atoms with Crippen molar-refractivity contribution in [2.75, 3.05) is 40.6 Å². The van der Waals surface area contributed by atoms with Crippen LogP contribution in [0.25, 0.3) is 31.6 Å².